The topological polar surface area (TPSA) is 144 Å². The summed E-state index contributed by atoms with van der Waals surface area (Å²) in [7, 11) is 0. The number of nitrogens with zero attached hydrogens (tertiary/aromatic N) is 6. The van der Waals surface area contributed by atoms with Gasteiger partial charge in [-0.3, -0.25) is 0 Å². The molecule has 4 heterocycles. The van der Waals surface area contributed by atoms with E-state index in [4.69, 9.17) is 19.4 Å². The van der Waals surface area contributed by atoms with Crippen molar-refractivity contribution in [2.75, 3.05) is 18.5 Å². The summed E-state index contributed by atoms with van der Waals surface area (Å²) in [5.74, 6) is 1.88. The van der Waals surface area contributed by atoms with Gasteiger partial charge in [-0.1, -0.05) is 0 Å². The molecule has 2 fully saturated rings. The number of ether oxygens (including phenoxy) is 2. The highest BCUT2D eigenvalue weighted by molar-refractivity contribution is 5.87. The van der Waals surface area contributed by atoms with E-state index in [1.807, 2.05) is 30.5 Å². The van der Waals surface area contributed by atoms with Crippen molar-refractivity contribution in [3.63, 3.8) is 0 Å². The number of benzene rings is 1. The van der Waals surface area contributed by atoms with Crippen LogP contribution in [0.5, 0.6) is 5.88 Å². The Morgan fingerprint density at radius 3 is 2.53 bits per heavy atom. The quantitative estimate of drug-likeness (QED) is 0.369. The summed E-state index contributed by atoms with van der Waals surface area (Å²) in [4.78, 5) is 14.2. The second-order valence-electron chi connectivity index (χ2n) is 9.35. The Morgan fingerprint density at radius 2 is 1.78 bits per heavy atom. The number of rotatable bonds is 6. The average Bonchev–Trinajstić information content (AvgIpc) is 3.46. The van der Waals surface area contributed by atoms with E-state index in [9.17, 15) is 5.11 Å². The molecule has 3 N–H and O–H groups in total. The number of aromatic amines is 1. The van der Waals surface area contributed by atoms with Crippen LogP contribution >= 0.6 is 0 Å². The van der Waals surface area contributed by atoms with E-state index < -0.39 is 0 Å². The molecule has 186 valence electrons. The number of tetrazole rings is 1. The minimum absolute atomic E-state index is 0.0700. The van der Waals surface area contributed by atoms with Crippen LogP contribution in [0.4, 0.5) is 11.6 Å². The van der Waals surface area contributed by atoms with E-state index in [0.29, 0.717) is 30.9 Å². The van der Waals surface area contributed by atoms with E-state index in [0.717, 1.165) is 66.2 Å². The molecule has 1 saturated heterocycles. The number of H-pyrrole nitrogens is 1. The summed E-state index contributed by atoms with van der Waals surface area (Å²) in [6.45, 7) is 1.39. The third-order valence-corrected chi connectivity index (χ3v) is 6.94. The third kappa shape index (κ3) is 4.84. The summed E-state index contributed by atoms with van der Waals surface area (Å²) >= 11 is 0. The van der Waals surface area contributed by atoms with Crippen LogP contribution in [-0.4, -0.2) is 66.1 Å². The zero-order valence-corrected chi connectivity index (χ0v) is 19.8. The van der Waals surface area contributed by atoms with Gasteiger partial charge in [-0.25, -0.2) is 15.0 Å². The minimum atomic E-state index is -0.223. The lowest BCUT2D eigenvalue weighted by Gasteiger charge is -2.27. The fourth-order valence-corrected chi connectivity index (χ4v) is 4.92. The third-order valence-electron chi connectivity index (χ3n) is 6.94. The van der Waals surface area contributed by atoms with Crippen molar-refractivity contribution in [3.05, 3.63) is 42.2 Å². The first kappa shape index (κ1) is 22.7. The maximum absolute atomic E-state index is 10.0. The molecule has 3 aromatic heterocycles. The van der Waals surface area contributed by atoms with Crippen molar-refractivity contribution in [1.82, 2.24) is 35.6 Å². The lowest BCUT2D eigenvalue weighted by Crippen LogP contribution is -2.26. The van der Waals surface area contributed by atoms with Crippen LogP contribution < -0.4 is 10.1 Å². The van der Waals surface area contributed by atoms with Crippen molar-refractivity contribution < 1.29 is 14.6 Å². The van der Waals surface area contributed by atoms with E-state index >= 15 is 0 Å². The largest absolute Gasteiger partial charge is 0.474 e. The number of aliphatic hydroxyl groups is 1. The molecule has 6 rings (SSSR count). The van der Waals surface area contributed by atoms with Gasteiger partial charge in [-0.2, -0.15) is 5.21 Å². The van der Waals surface area contributed by atoms with Crippen LogP contribution in [0.3, 0.4) is 0 Å². The lowest BCUT2D eigenvalue weighted by atomic mass is 9.83. The average molecular weight is 489 g/mol. The Hall–Kier alpha value is -3.70. The fourth-order valence-electron chi connectivity index (χ4n) is 4.92. The van der Waals surface area contributed by atoms with Gasteiger partial charge in [0.25, 0.3) is 0 Å². The van der Waals surface area contributed by atoms with Gasteiger partial charge in [0.1, 0.15) is 6.10 Å². The Labute approximate surface area is 207 Å². The zero-order chi connectivity index (χ0) is 24.3. The normalized spacial score (nSPS) is 20.9. The van der Waals surface area contributed by atoms with Crippen LogP contribution in [0.2, 0.25) is 0 Å². The number of aliphatic hydroxyl groups excluding tert-OH is 1. The molecule has 1 aliphatic heterocycles. The Kier molecular flexibility index (Phi) is 6.39. The van der Waals surface area contributed by atoms with Crippen LogP contribution in [-0.2, 0) is 4.74 Å². The Morgan fingerprint density at radius 1 is 0.972 bits per heavy atom. The molecule has 1 aromatic carbocycles. The molecule has 0 unspecified atom stereocenters. The van der Waals surface area contributed by atoms with Gasteiger partial charge in [0.2, 0.25) is 17.7 Å². The molecule has 0 amide bonds. The molecule has 1 aliphatic carbocycles. The zero-order valence-electron chi connectivity index (χ0n) is 19.8. The highest BCUT2D eigenvalue weighted by Gasteiger charge is 2.26. The first-order chi connectivity index (χ1) is 17.7. The summed E-state index contributed by atoms with van der Waals surface area (Å²) in [5, 5.41) is 28.2. The van der Waals surface area contributed by atoms with Gasteiger partial charge >= 0.3 is 0 Å². The molecule has 36 heavy (non-hydrogen) atoms. The van der Waals surface area contributed by atoms with Crippen LogP contribution in [0.15, 0.2) is 36.7 Å². The number of anilines is 2. The number of nitrogens with one attached hydrogen (secondary N) is 2. The van der Waals surface area contributed by atoms with Crippen LogP contribution in [0.1, 0.15) is 50.0 Å². The van der Waals surface area contributed by atoms with E-state index in [1.165, 1.54) is 0 Å². The van der Waals surface area contributed by atoms with Crippen molar-refractivity contribution in [2.24, 2.45) is 0 Å². The summed E-state index contributed by atoms with van der Waals surface area (Å²) in [5.41, 5.74) is 3.62. The predicted molar refractivity (Wildman–Crippen MR) is 132 cm³/mol. The molecule has 0 radical (unpaired) electrons. The maximum Gasteiger partial charge on any atom is 0.227 e. The number of hydrogen-bond acceptors (Lipinski definition) is 10. The fraction of sp³-hybridized carbons (Fsp3) is 0.440. The first-order valence-corrected chi connectivity index (χ1v) is 12.4. The van der Waals surface area contributed by atoms with Gasteiger partial charge in [-0.05, 0) is 61.1 Å². The summed E-state index contributed by atoms with van der Waals surface area (Å²) in [6.07, 6.45) is 8.60. The molecule has 1 saturated carbocycles. The first-order valence-electron chi connectivity index (χ1n) is 12.4. The van der Waals surface area contributed by atoms with Gasteiger partial charge in [0, 0.05) is 42.0 Å². The molecule has 0 atom stereocenters. The Balaban J connectivity index is 1.31. The predicted octanol–water partition coefficient (Wildman–Crippen LogP) is 3.52. The number of fused-ring (bicyclic) bond motifs is 1. The molecule has 11 heteroatoms. The summed E-state index contributed by atoms with van der Waals surface area (Å²) < 4.78 is 11.8. The van der Waals surface area contributed by atoms with E-state index in [-0.39, 0.29) is 18.1 Å². The molecule has 0 spiro atoms. The van der Waals surface area contributed by atoms with E-state index in [2.05, 4.69) is 30.9 Å². The van der Waals surface area contributed by atoms with E-state index in [1.54, 1.807) is 6.20 Å². The second-order valence-corrected chi connectivity index (χ2v) is 9.35. The standard InChI is InChI=1S/C25H28N8O3/c34-18-7-3-15(4-8-18)20-13-26-24(36-19-9-11-35-12-10-19)21-14-27-25(29-22(20)21)28-17-5-1-16(2-6-17)23-30-32-33-31-23/h1-2,5-6,13-15,18-19,34H,3-4,7-12H2,(H,27,28,29)(H,30,31,32,33)/t15-,18-. The van der Waals surface area contributed by atoms with Gasteiger partial charge in [0.05, 0.1) is 30.2 Å². The monoisotopic (exact) mass is 488 g/mol. The second kappa shape index (κ2) is 10.1. The smallest absolute Gasteiger partial charge is 0.227 e. The highest BCUT2D eigenvalue weighted by Crippen LogP contribution is 2.38. The van der Waals surface area contributed by atoms with Crippen LogP contribution in [0, 0.1) is 0 Å². The number of pyridine rings is 1. The van der Waals surface area contributed by atoms with Crippen molar-refractivity contribution in [3.8, 4) is 17.3 Å². The number of hydrogen-bond donors (Lipinski definition) is 3. The molecule has 2 aliphatic rings. The summed E-state index contributed by atoms with van der Waals surface area (Å²) in [6, 6.07) is 7.68. The highest BCUT2D eigenvalue weighted by atomic mass is 16.5. The SMILES string of the molecule is O[C@H]1CC[C@H](c2cnc(OC3CCOCC3)c3cnc(Nc4ccc(-c5nn[nH]n5)cc4)nc32)CC1. The molecule has 0 bridgehead atoms. The molecular formula is C25H28N8O3. The van der Waals surface area contributed by atoms with Crippen LogP contribution in [0.25, 0.3) is 22.3 Å². The number of aromatic nitrogens is 7. The van der Waals surface area contributed by atoms with Crippen molar-refractivity contribution in [2.45, 2.75) is 56.7 Å². The van der Waals surface area contributed by atoms with Gasteiger partial charge in [-0.15, -0.1) is 10.2 Å². The molecule has 4 aromatic rings. The maximum atomic E-state index is 10.0. The van der Waals surface area contributed by atoms with Crippen molar-refractivity contribution in [1.29, 1.82) is 0 Å². The lowest BCUT2D eigenvalue weighted by molar-refractivity contribution is 0.0244. The van der Waals surface area contributed by atoms with Crippen molar-refractivity contribution >= 4 is 22.5 Å². The Bertz CT molecular complexity index is 1300. The molecule has 11 nitrogen and oxygen atoms in total. The van der Waals surface area contributed by atoms with Gasteiger partial charge < -0.3 is 19.9 Å². The minimum Gasteiger partial charge on any atom is -0.474 e. The van der Waals surface area contributed by atoms with Gasteiger partial charge in [0.15, 0.2) is 0 Å². The molecular weight excluding hydrogens is 460 g/mol.